The molecule has 14 heavy (non-hydrogen) atoms. The standard InChI is InChI=1S/C12H17NO/c1-10-8-14-9-12(2,13-10)11-6-4-3-5-7-11/h3-7,10,13H,8-9H2,1-2H3. The second kappa shape index (κ2) is 3.71. The number of morpholine rings is 1. The summed E-state index contributed by atoms with van der Waals surface area (Å²) >= 11 is 0. The first-order valence-corrected chi connectivity index (χ1v) is 5.12. The van der Waals surface area contributed by atoms with Gasteiger partial charge in [0.15, 0.2) is 0 Å². The molecule has 1 fully saturated rings. The first kappa shape index (κ1) is 9.69. The van der Waals surface area contributed by atoms with Crippen LogP contribution in [0, 0.1) is 0 Å². The van der Waals surface area contributed by atoms with E-state index in [9.17, 15) is 0 Å². The molecular formula is C12H17NO. The van der Waals surface area contributed by atoms with E-state index in [4.69, 9.17) is 4.74 Å². The lowest BCUT2D eigenvalue weighted by atomic mass is 9.91. The normalized spacial score (nSPS) is 32.9. The molecule has 2 unspecified atom stereocenters. The van der Waals surface area contributed by atoms with E-state index < -0.39 is 0 Å². The highest BCUT2D eigenvalue weighted by Gasteiger charge is 2.31. The minimum atomic E-state index is -0.0288. The average molecular weight is 191 g/mol. The summed E-state index contributed by atoms with van der Waals surface area (Å²) in [4.78, 5) is 0. The van der Waals surface area contributed by atoms with E-state index in [-0.39, 0.29) is 5.54 Å². The van der Waals surface area contributed by atoms with Gasteiger partial charge in [-0.05, 0) is 19.4 Å². The van der Waals surface area contributed by atoms with Crippen molar-refractivity contribution in [3.63, 3.8) is 0 Å². The topological polar surface area (TPSA) is 21.3 Å². The van der Waals surface area contributed by atoms with E-state index in [1.54, 1.807) is 0 Å². The molecule has 76 valence electrons. The van der Waals surface area contributed by atoms with Crippen LogP contribution in [0.4, 0.5) is 0 Å². The SMILES string of the molecule is CC1COCC(C)(c2ccccc2)N1. The molecule has 1 aromatic rings. The first-order valence-electron chi connectivity index (χ1n) is 5.12. The van der Waals surface area contributed by atoms with Gasteiger partial charge in [0.05, 0.1) is 18.8 Å². The summed E-state index contributed by atoms with van der Waals surface area (Å²) < 4.78 is 5.59. The molecule has 1 aliphatic rings. The maximum Gasteiger partial charge on any atom is 0.0688 e. The molecule has 1 saturated heterocycles. The summed E-state index contributed by atoms with van der Waals surface area (Å²) in [5, 5.41) is 3.58. The van der Waals surface area contributed by atoms with E-state index in [0.29, 0.717) is 6.04 Å². The number of hydrogen-bond acceptors (Lipinski definition) is 2. The third kappa shape index (κ3) is 1.81. The van der Waals surface area contributed by atoms with Crippen molar-refractivity contribution in [2.24, 2.45) is 0 Å². The third-order valence-corrected chi connectivity index (χ3v) is 2.73. The van der Waals surface area contributed by atoms with Crippen LogP contribution in [0.3, 0.4) is 0 Å². The predicted molar refractivity (Wildman–Crippen MR) is 57.2 cm³/mol. The van der Waals surface area contributed by atoms with Crippen molar-refractivity contribution in [2.75, 3.05) is 13.2 Å². The summed E-state index contributed by atoms with van der Waals surface area (Å²) in [6.45, 7) is 5.90. The molecule has 2 atom stereocenters. The number of rotatable bonds is 1. The Morgan fingerprint density at radius 3 is 2.71 bits per heavy atom. The van der Waals surface area contributed by atoms with Gasteiger partial charge < -0.3 is 10.1 Å². The fourth-order valence-corrected chi connectivity index (χ4v) is 2.04. The van der Waals surface area contributed by atoms with Gasteiger partial charge in [-0.2, -0.15) is 0 Å². The number of nitrogens with one attached hydrogen (secondary N) is 1. The van der Waals surface area contributed by atoms with Crippen LogP contribution >= 0.6 is 0 Å². The second-order valence-electron chi connectivity index (χ2n) is 4.26. The Hall–Kier alpha value is -0.860. The Balaban J connectivity index is 2.23. The van der Waals surface area contributed by atoms with E-state index in [1.165, 1.54) is 5.56 Å². The Kier molecular flexibility index (Phi) is 2.57. The van der Waals surface area contributed by atoms with Crippen LogP contribution in [0.1, 0.15) is 19.4 Å². The summed E-state index contributed by atoms with van der Waals surface area (Å²) in [6.07, 6.45) is 0. The van der Waals surface area contributed by atoms with Crippen LogP contribution in [-0.2, 0) is 10.3 Å². The van der Waals surface area contributed by atoms with Crippen molar-refractivity contribution in [2.45, 2.75) is 25.4 Å². The molecule has 2 rings (SSSR count). The third-order valence-electron chi connectivity index (χ3n) is 2.73. The highest BCUT2D eigenvalue weighted by Crippen LogP contribution is 2.24. The molecule has 2 nitrogen and oxygen atoms in total. The largest absolute Gasteiger partial charge is 0.378 e. The zero-order chi connectivity index (χ0) is 10.0. The highest BCUT2D eigenvalue weighted by molar-refractivity contribution is 5.24. The molecule has 0 bridgehead atoms. The van der Waals surface area contributed by atoms with E-state index in [1.807, 2.05) is 6.07 Å². The van der Waals surface area contributed by atoms with Gasteiger partial charge in [-0.15, -0.1) is 0 Å². The summed E-state index contributed by atoms with van der Waals surface area (Å²) in [7, 11) is 0. The molecule has 1 aromatic carbocycles. The van der Waals surface area contributed by atoms with Crippen LogP contribution < -0.4 is 5.32 Å². The van der Waals surface area contributed by atoms with Crippen LogP contribution in [-0.4, -0.2) is 19.3 Å². The molecule has 1 heterocycles. The van der Waals surface area contributed by atoms with Crippen molar-refractivity contribution < 1.29 is 4.74 Å². The maximum atomic E-state index is 5.59. The van der Waals surface area contributed by atoms with Gasteiger partial charge in [0.2, 0.25) is 0 Å². The molecule has 1 aliphatic heterocycles. The van der Waals surface area contributed by atoms with Crippen LogP contribution in [0.15, 0.2) is 30.3 Å². The lowest BCUT2D eigenvalue weighted by Crippen LogP contribution is -2.54. The fraction of sp³-hybridized carbons (Fsp3) is 0.500. The summed E-state index contributed by atoms with van der Waals surface area (Å²) in [5.74, 6) is 0. The zero-order valence-electron chi connectivity index (χ0n) is 8.79. The van der Waals surface area contributed by atoms with Crippen LogP contribution in [0.25, 0.3) is 0 Å². The van der Waals surface area contributed by atoms with Crippen molar-refractivity contribution >= 4 is 0 Å². The number of hydrogen-bond donors (Lipinski definition) is 1. The Morgan fingerprint density at radius 2 is 2.07 bits per heavy atom. The Labute approximate surface area is 85.3 Å². The fourth-order valence-electron chi connectivity index (χ4n) is 2.04. The van der Waals surface area contributed by atoms with E-state index in [2.05, 4.69) is 43.4 Å². The van der Waals surface area contributed by atoms with Gasteiger partial charge in [0, 0.05) is 6.04 Å². The van der Waals surface area contributed by atoms with Crippen LogP contribution in [0.5, 0.6) is 0 Å². The second-order valence-corrected chi connectivity index (χ2v) is 4.26. The quantitative estimate of drug-likeness (QED) is 0.732. The number of benzene rings is 1. The molecule has 0 spiro atoms. The summed E-state index contributed by atoms with van der Waals surface area (Å²) in [5.41, 5.74) is 1.27. The molecule has 0 aliphatic carbocycles. The van der Waals surface area contributed by atoms with Gasteiger partial charge in [-0.25, -0.2) is 0 Å². The zero-order valence-corrected chi connectivity index (χ0v) is 8.79. The minimum absolute atomic E-state index is 0.0288. The molecule has 0 aromatic heterocycles. The van der Waals surface area contributed by atoms with Crippen molar-refractivity contribution in [1.82, 2.24) is 5.32 Å². The predicted octanol–water partition coefficient (Wildman–Crippen LogP) is 1.91. The molecule has 1 N–H and O–H groups in total. The van der Waals surface area contributed by atoms with Gasteiger partial charge >= 0.3 is 0 Å². The lowest BCUT2D eigenvalue weighted by Gasteiger charge is -2.38. The average Bonchev–Trinajstić information content (AvgIpc) is 2.19. The van der Waals surface area contributed by atoms with Crippen molar-refractivity contribution in [1.29, 1.82) is 0 Å². The molecule has 0 amide bonds. The van der Waals surface area contributed by atoms with E-state index in [0.717, 1.165) is 13.2 Å². The first-order chi connectivity index (χ1) is 6.71. The maximum absolute atomic E-state index is 5.59. The lowest BCUT2D eigenvalue weighted by molar-refractivity contribution is 0.00868. The molecule has 0 saturated carbocycles. The summed E-state index contributed by atoms with van der Waals surface area (Å²) in [6, 6.07) is 10.9. The van der Waals surface area contributed by atoms with E-state index >= 15 is 0 Å². The highest BCUT2D eigenvalue weighted by atomic mass is 16.5. The van der Waals surface area contributed by atoms with Gasteiger partial charge in [0.25, 0.3) is 0 Å². The van der Waals surface area contributed by atoms with Crippen molar-refractivity contribution in [3.8, 4) is 0 Å². The monoisotopic (exact) mass is 191 g/mol. The van der Waals surface area contributed by atoms with Gasteiger partial charge in [-0.1, -0.05) is 30.3 Å². The molecule has 2 heteroatoms. The van der Waals surface area contributed by atoms with Crippen molar-refractivity contribution in [3.05, 3.63) is 35.9 Å². The van der Waals surface area contributed by atoms with Crippen LogP contribution in [0.2, 0.25) is 0 Å². The molecular weight excluding hydrogens is 174 g/mol. The smallest absolute Gasteiger partial charge is 0.0688 e. The number of ether oxygens (including phenoxy) is 1. The van der Waals surface area contributed by atoms with Gasteiger partial charge in [-0.3, -0.25) is 0 Å². The Morgan fingerprint density at radius 1 is 1.36 bits per heavy atom. The van der Waals surface area contributed by atoms with Gasteiger partial charge in [0.1, 0.15) is 0 Å². The molecule has 0 radical (unpaired) electrons. The minimum Gasteiger partial charge on any atom is -0.378 e. The Bertz CT molecular complexity index is 298.